The Morgan fingerprint density at radius 3 is 2.00 bits per heavy atom. The molecule has 0 aliphatic heterocycles. The number of carbonyl (C=O) groups excluding carboxylic acids is 2. The van der Waals surface area contributed by atoms with Crippen molar-refractivity contribution in [2.75, 3.05) is 4.90 Å². The van der Waals surface area contributed by atoms with Crippen LogP contribution < -0.4 is 10.2 Å². The SMILES string of the molecule is CC(C)(C)NC(=O)C(c1cccnc1)N(C(=O)c1ccncc1)c1ccc(C(C)(C)C)cc1. The lowest BCUT2D eigenvalue weighted by Crippen LogP contribution is -2.49. The van der Waals surface area contributed by atoms with Gasteiger partial charge in [-0.1, -0.05) is 39.0 Å². The first kappa shape index (κ1) is 24.1. The van der Waals surface area contributed by atoms with Gasteiger partial charge in [-0.05, 0) is 62.1 Å². The topological polar surface area (TPSA) is 75.2 Å². The number of hydrogen-bond donors (Lipinski definition) is 1. The summed E-state index contributed by atoms with van der Waals surface area (Å²) in [6.07, 6.45) is 6.42. The van der Waals surface area contributed by atoms with Gasteiger partial charge < -0.3 is 5.32 Å². The Labute approximate surface area is 196 Å². The van der Waals surface area contributed by atoms with Crippen molar-refractivity contribution in [1.29, 1.82) is 0 Å². The van der Waals surface area contributed by atoms with Crippen molar-refractivity contribution in [3.8, 4) is 0 Å². The summed E-state index contributed by atoms with van der Waals surface area (Å²) in [4.78, 5) is 37.2. The van der Waals surface area contributed by atoms with Gasteiger partial charge in [0.15, 0.2) is 0 Å². The number of hydrogen-bond acceptors (Lipinski definition) is 4. The number of carbonyl (C=O) groups is 2. The van der Waals surface area contributed by atoms with Gasteiger partial charge in [-0.15, -0.1) is 0 Å². The van der Waals surface area contributed by atoms with Crippen LogP contribution in [0.3, 0.4) is 0 Å². The summed E-state index contributed by atoms with van der Waals surface area (Å²) in [7, 11) is 0. The number of aromatic nitrogens is 2. The molecule has 33 heavy (non-hydrogen) atoms. The zero-order valence-electron chi connectivity index (χ0n) is 20.2. The predicted octanol–water partition coefficient (Wildman–Crippen LogP) is 5.08. The quantitative estimate of drug-likeness (QED) is 0.596. The number of nitrogens with zero attached hydrogens (tertiary/aromatic N) is 3. The molecule has 2 aromatic heterocycles. The minimum Gasteiger partial charge on any atom is -0.349 e. The summed E-state index contributed by atoms with van der Waals surface area (Å²) in [5.74, 6) is -0.573. The fraction of sp³-hybridized carbons (Fsp3) is 0.333. The number of pyridine rings is 2. The summed E-state index contributed by atoms with van der Waals surface area (Å²) >= 11 is 0. The van der Waals surface area contributed by atoms with Crippen LogP contribution in [0.4, 0.5) is 5.69 Å². The van der Waals surface area contributed by atoms with E-state index in [0.29, 0.717) is 16.8 Å². The van der Waals surface area contributed by atoms with Crippen LogP contribution in [0.15, 0.2) is 73.3 Å². The van der Waals surface area contributed by atoms with Crippen LogP contribution in [0, 0.1) is 0 Å². The normalized spacial score (nSPS) is 12.7. The molecule has 6 nitrogen and oxygen atoms in total. The molecule has 0 bridgehead atoms. The van der Waals surface area contributed by atoms with Gasteiger partial charge in [0.1, 0.15) is 6.04 Å². The lowest BCUT2D eigenvalue weighted by molar-refractivity contribution is -0.123. The second-order valence-corrected chi connectivity index (χ2v) is 10.1. The molecule has 3 rings (SSSR count). The van der Waals surface area contributed by atoms with E-state index in [9.17, 15) is 9.59 Å². The summed E-state index contributed by atoms with van der Waals surface area (Å²) in [6, 6.07) is 13.8. The van der Waals surface area contributed by atoms with Crippen molar-refractivity contribution in [3.05, 3.63) is 90.0 Å². The Hall–Kier alpha value is -3.54. The molecular formula is C27H32N4O2. The summed E-state index contributed by atoms with van der Waals surface area (Å²) in [5, 5.41) is 3.04. The molecule has 172 valence electrons. The summed E-state index contributed by atoms with van der Waals surface area (Å²) < 4.78 is 0. The van der Waals surface area contributed by atoms with E-state index in [2.05, 4.69) is 36.1 Å². The Morgan fingerprint density at radius 2 is 1.48 bits per heavy atom. The summed E-state index contributed by atoms with van der Waals surface area (Å²) in [5.41, 5.74) is 2.33. The van der Waals surface area contributed by atoms with Gasteiger partial charge in [0, 0.05) is 47.1 Å². The van der Waals surface area contributed by atoms with Crippen molar-refractivity contribution in [2.24, 2.45) is 0 Å². The van der Waals surface area contributed by atoms with Gasteiger partial charge in [-0.2, -0.15) is 0 Å². The zero-order chi connectivity index (χ0) is 24.2. The number of rotatable bonds is 5. The van der Waals surface area contributed by atoms with E-state index in [0.717, 1.165) is 5.56 Å². The van der Waals surface area contributed by atoms with E-state index in [1.165, 1.54) is 0 Å². The monoisotopic (exact) mass is 444 g/mol. The molecule has 0 fully saturated rings. The van der Waals surface area contributed by atoms with Gasteiger partial charge in [0.2, 0.25) is 5.91 Å². The van der Waals surface area contributed by atoms with Crippen molar-refractivity contribution in [3.63, 3.8) is 0 Å². The van der Waals surface area contributed by atoms with Crippen molar-refractivity contribution >= 4 is 17.5 Å². The van der Waals surface area contributed by atoms with Crippen LogP contribution in [0.5, 0.6) is 0 Å². The third kappa shape index (κ3) is 6.04. The molecule has 1 aromatic carbocycles. The average Bonchev–Trinajstić information content (AvgIpc) is 2.76. The number of anilines is 1. The lowest BCUT2D eigenvalue weighted by Gasteiger charge is -2.34. The van der Waals surface area contributed by atoms with Crippen LogP contribution in [-0.4, -0.2) is 27.3 Å². The highest BCUT2D eigenvalue weighted by Gasteiger charge is 2.35. The molecular weight excluding hydrogens is 412 g/mol. The van der Waals surface area contributed by atoms with Gasteiger partial charge in [-0.3, -0.25) is 24.5 Å². The molecule has 0 aliphatic carbocycles. The Morgan fingerprint density at radius 1 is 0.848 bits per heavy atom. The number of benzene rings is 1. The largest absolute Gasteiger partial charge is 0.349 e. The molecule has 0 spiro atoms. The lowest BCUT2D eigenvalue weighted by atomic mass is 9.87. The highest BCUT2D eigenvalue weighted by molar-refractivity contribution is 6.10. The minimum atomic E-state index is -0.904. The molecule has 0 aliphatic rings. The van der Waals surface area contributed by atoms with Gasteiger partial charge >= 0.3 is 0 Å². The predicted molar refractivity (Wildman–Crippen MR) is 131 cm³/mol. The minimum absolute atomic E-state index is 0.0369. The molecule has 1 atom stereocenters. The van der Waals surface area contributed by atoms with Gasteiger partial charge in [-0.25, -0.2) is 0 Å². The van der Waals surface area contributed by atoms with E-state index in [4.69, 9.17) is 0 Å². The zero-order valence-corrected chi connectivity index (χ0v) is 20.2. The highest BCUT2D eigenvalue weighted by Crippen LogP contribution is 2.32. The molecule has 3 aromatic rings. The second kappa shape index (κ2) is 9.53. The Kier molecular flexibility index (Phi) is 6.96. The molecule has 1 N–H and O–H groups in total. The molecule has 6 heteroatoms. The first-order valence-electron chi connectivity index (χ1n) is 11.0. The van der Waals surface area contributed by atoms with Crippen LogP contribution in [0.25, 0.3) is 0 Å². The Bertz CT molecular complexity index is 1080. The van der Waals surface area contributed by atoms with Crippen molar-refractivity contribution in [2.45, 2.75) is 58.5 Å². The molecule has 1 unspecified atom stereocenters. The maximum atomic E-state index is 13.8. The standard InChI is InChI=1S/C27H32N4O2/c1-26(2,3)21-9-11-22(12-10-21)31(25(33)19-13-16-28-17-14-19)23(20-8-7-15-29-18-20)24(32)30-27(4,5)6/h7-18,23H,1-6H3,(H,30,32). The van der Waals surface area contributed by atoms with Crippen molar-refractivity contribution < 1.29 is 9.59 Å². The molecule has 2 amide bonds. The molecule has 0 saturated carbocycles. The molecule has 2 heterocycles. The molecule has 0 saturated heterocycles. The van der Waals surface area contributed by atoms with E-state index in [1.54, 1.807) is 47.9 Å². The smallest absolute Gasteiger partial charge is 0.259 e. The average molecular weight is 445 g/mol. The van der Waals surface area contributed by atoms with Gasteiger partial charge in [0.05, 0.1) is 0 Å². The maximum absolute atomic E-state index is 13.8. The third-order valence-electron chi connectivity index (χ3n) is 5.16. The van der Waals surface area contributed by atoms with E-state index in [1.807, 2.05) is 51.1 Å². The first-order valence-corrected chi connectivity index (χ1v) is 11.0. The fourth-order valence-electron chi connectivity index (χ4n) is 3.53. The van der Waals surface area contributed by atoms with E-state index in [-0.39, 0.29) is 17.2 Å². The van der Waals surface area contributed by atoms with E-state index < -0.39 is 11.6 Å². The van der Waals surface area contributed by atoms with E-state index >= 15 is 0 Å². The van der Waals surface area contributed by atoms with Crippen LogP contribution in [0.2, 0.25) is 0 Å². The molecule has 0 radical (unpaired) electrons. The fourth-order valence-corrected chi connectivity index (χ4v) is 3.53. The van der Waals surface area contributed by atoms with Crippen LogP contribution in [-0.2, 0) is 10.2 Å². The van der Waals surface area contributed by atoms with Crippen LogP contribution in [0.1, 0.15) is 69.1 Å². The third-order valence-corrected chi connectivity index (χ3v) is 5.16. The van der Waals surface area contributed by atoms with Crippen molar-refractivity contribution in [1.82, 2.24) is 15.3 Å². The maximum Gasteiger partial charge on any atom is 0.259 e. The van der Waals surface area contributed by atoms with Crippen LogP contribution >= 0.6 is 0 Å². The number of nitrogens with one attached hydrogen (secondary N) is 1. The first-order chi connectivity index (χ1) is 15.5. The Balaban J connectivity index is 2.17. The van der Waals surface area contributed by atoms with Gasteiger partial charge in [0.25, 0.3) is 5.91 Å². The second-order valence-electron chi connectivity index (χ2n) is 10.1. The summed E-state index contributed by atoms with van der Waals surface area (Å²) in [6.45, 7) is 12.2. The highest BCUT2D eigenvalue weighted by atomic mass is 16.2. The number of amides is 2.